The molecule has 0 aliphatic carbocycles. The topological polar surface area (TPSA) is 52.6 Å². The summed E-state index contributed by atoms with van der Waals surface area (Å²) < 4.78 is 9.61. The largest absolute Gasteiger partial charge is 0.469 e. The van der Waals surface area contributed by atoms with Crippen LogP contribution in [-0.4, -0.2) is 26.2 Å². The first-order valence-electron chi connectivity index (χ1n) is 11.7. The highest BCUT2D eigenvalue weighted by atomic mass is 16.5. The van der Waals surface area contributed by atoms with E-state index in [-0.39, 0.29) is 17.9 Å². The molecule has 0 radical (unpaired) electrons. The molecule has 0 bridgehead atoms. The maximum absolute atomic E-state index is 11.9. The molecule has 0 fully saturated rings. The van der Waals surface area contributed by atoms with Gasteiger partial charge in [0.05, 0.1) is 20.1 Å². The Bertz CT molecular complexity index is 381. The van der Waals surface area contributed by atoms with Crippen LogP contribution in [0.5, 0.6) is 0 Å². The Morgan fingerprint density at radius 2 is 1.11 bits per heavy atom. The van der Waals surface area contributed by atoms with Crippen LogP contribution in [-0.2, 0) is 19.1 Å². The molecule has 2 atom stereocenters. The number of carbonyl (C=O) groups excluding carboxylic acids is 2. The van der Waals surface area contributed by atoms with Crippen molar-refractivity contribution < 1.29 is 19.1 Å². The van der Waals surface area contributed by atoms with Crippen LogP contribution in [0.25, 0.3) is 0 Å². The number of rotatable bonds is 19. The number of unbranched alkanes of at least 4 members (excludes halogenated alkanes) is 11. The predicted molar refractivity (Wildman–Crippen MR) is 116 cm³/mol. The Balaban J connectivity index is 3.47. The van der Waals surface area contributed by atoms with Crippen molar-refractivity contribution >= 4 is 11.9 Å². The second-order valence-corrected chi connectivity index (χ2v) is 8.06. The van der Waals surface area contributed by atoms with Crippen molar-refractivity contribution in [2.24, 2.45) is 11.8 Å². The van der Waals surface area contributed by atoms with Crippen LogP contribution in [0.4, 0.5) is 0 Å². The van der Waals surface area contributed by atoms with Gasteiger partial charge >= 0.3 is 11.9 Å². The van der Waals surface area contributed by atoms with Crippen molar-refractivity contribution in [2.75, 3.05) is 14.2 Å². The predicted octanol–water partition coefficient (Wildman–Crippen LogP) is 6.85. The second kappa shape index (κ2) is 19.3. The Hall–Kier alpha value is -1.06. The number of methoxy groups -OCH3 is 2. The molecule has 28 heavy (non-hydrogen) atoms. The fourth-order valence-corrected chi connectivity index (χ4v) is 4.08. The standard InChI is InChI=1S/C24H46O4/c1-5-21(22(6-2)24(26)28-4)19-17-15-13-11-9-7-8-10-12-14-16-18-20-23(25)27-3/h21-22H,5-20H2,1-4H3. The number of ether oxygens (including phenoxy) is 2. The summed E-state index contributed by atoms with van der Waals surface area (Å²) in [7, 11) is 2.96. The van der Waals surface area contributed by atoms with Gasteiger partial charge in [0, 0.05) is 6.42 Å². The molecule has 0 N–H and O–H groups in total. The Morgan fingerprint density at radius 1 is 0.643 bits per heavy atom. The van der Waals surface area contributed by atoms with E-state index in [2.05, 4.69) is 18.6 Å². The summed E-state index contributed by atoms with van der Waals surface area (Å²) in [5.41, 5.74) is 0. The molecule has 0 aromatic heterocycles. The van der Waals surface area contributed by atoms with Gasteiger partial charge in [0.1, 0.15) is 0 Å². The third-order valence-electron chi connectivity index (χ3n) is 5.97. The van der Waals surface area contributed by atoms with Crippen LogP contribution >= 0.6 is 0 Å². The number of hydrogen-bond donors (Lipinski definition) is 0. The molecule has 0 aromatic rings. The lowest BCUT2D eigenvalue weighted by Gasteiger charge is -2.22. The number of hydrogen-bond acceptors (Lipinski definition) is 4. The first kappa shape index (κ1) is 26.9. The third-order valence-corrected chi connectivity index (χ3v) is 5.97. The van der Waals surface area contributed by atoms with Gasteiger partial charge in [-0.05, 0) is 25.2 Å². The molecule has 0 spiro atoms. The Morgan fingerprint density at radius 3 is 1.50 bits per heavy atom. The summed E-state index contributed by atoms with van der Waals surface area (Å²) in [6.07, 6.45) is 18.8. The molecular formula is C24H46O4. The lowest BCUT2D eigenvalue weighted by atomic mass is 9.84. The lowest BCUT2D eigenvalue weighted by molar-refractivity contribution is -0.147. The normalized spacial score (nSPS) is 13.1. The van der Waals surface area contributed by atoms with Crippen LogP contribution in [0.1, 0.15) is 117 Å². The molecule has 4 heteroatoms. The zero-order valence-electron chi connectivity index (χ0n) is 19.1. The summed E-state index contributed by atoms with van der Waals surface area (Å²) in [5.74, 6) is 0.442. The van der Waals surface area contributed by atoms with Gasteiger partial charge < -0.3 is 9.47 Å². The van der Waals surface area contributed by atoms with E-state index in [1.165, 1.54) is 78.4 Å². The molecule has 0 heterocycles. The van der Waals surface area contributed by atoms with Crippen LogP contribution in [0.2, 0.25) is 0 Å². The van der Waals surface area contributed by atoms with Crippen LogP contribution < -0.4 is 0 Å². The molecule has 0 rings (SSSR count). The monoisotopic (exact) mass is 398 g/mol. The van der Waals surface area contributed by atoms with E-state index in [1.54, 1.807) is 0 Å². The number of carbonyl (C=O) groups is 2. The second-order valence-electron chi connectivity index (χ2n) is 8.06. The Kier molecular flexibility index (Phi) is 18.5. The summed E-state index contributed by atoms with van der Waals surface area (Å²) in [6, 6.07) is 0. The summed E-state index contributed by atoms with van der Waals surface area (Å²) in [4.78, 5) is 22.9. The van der Waals surface area contributed by atoms with Gasteiger partial charge in [-0.1, -0.05) is 90.9 Å². The van der Waals surface area contributed by atoms with Crippen molar-refractivity contribution in [3.8, 4) is 0 Å². The van der Waals surface area contributed by atoms with Gasteiger partial charge in [0.25, 0.3) is 0 Å². The van der Waals surface area contributed by atoms with Gasteiger partial charge in [-0.25, -0.2) is 0 Å². The first-order chi connectivity index (χ1) is 13.6. The molecule has 2 unspecified atom stereocenters. The minimum atomic E-state index is -0.0844. The minimum Gasteiger partial charge on any atom is -0.469 e. The smallest absolute Gasteiger partial charge is 0.308 e. The molecule has 0 aliphatic heterocycles. The molecule has 0 aromatic carbocycles. The summed E-state index contributed by atoms with van der Waals surface area (Å²) in [6.45, 7) is 4.28. The van der Waals surface area contributed by atoms with Gasteiger partial charge in [0.2, 0.25) is 0 Å². The SMILES string of the molecule is CCC(CCCCCCCCCCCCCCC(=O)OC)C(CC)C(=O)OC. The summed E-state index contributed by atoms with van der Waals surface area (Å²) in [5, 5.41) is 0. The maximum Gasteiger partial charge on any atom is 0.308 e. The Labute approximate surface area is 174 Å². The van der Waals surface area contributed by atoms with Gasteiger partial charge in [-0.15, -0.1) is 0 Å². The third kappa shape index (κ3) is 14.0. The lowest BCUT2D eigenvalue weighted by Crippen LogP contribution is -2.24. The quantitative estimate of drug-likeness (QED) is 0.176. The molecule has 0 saturated carbocycles. The molecular weight excluding hydrogens is 352 g/mol. The molecule has 0 saturated heterocycles. The van der Waals surface area contributed by atoms with E-state index >= 15 is 0 Å². The van der Waals surface area contributed by atoms with Gasteiger partial charge in [-0.2, -0.15) is 0 Å². The zero-order valence-corrected chi connectivity index (χ0v) is 19.1. The zero-order chi connectivity index (χ0) is 21.0. The minimum absolute atomic E-state index is 0.0298. The van der Waals surface area contributed by atoms with Gasteiger partial charge in [-0.3, -0.25) is 9.59 Å². The van der Waals surface area contributed by atoms with Crippen LogP contribution in [0, 0.1) is 11.8 Å². The van der Waals surface area contributed by atoms with Crippen molar-refractivity contribution in [3.05, 3.63) is 0 Å². The number of esters is 2. The van der Waals surface area contributed by atoms with Crippen molar-refractivity contribution in [1.29, 1.82) is 0 Å². The maximum atomic E-state index is 11.9. The van der Waals surface area contributed by atoms with Gasteiger partial charge in [0.15, 0.2) is 0 Å². The van der Waals surface area contributed by atoms with E-state index in [1.807, 2.05) is 0 Å². The first-order valence-corrected chi connectivity index (χ1v) is 11.7. The van der Waals surface area contributed by atoms with Crippen molar-refractivity contribution in [3.63, 3.8) is 0 Å². The van der Waals surface area contributed by atoms with Crippen molar-refractivity contribution in [1.82, 2.24) is 0 Å². The summed E-state index contributed by atoms with van der Waals surface area (Å²) >= 11 is 0. The van der Waals surface area contributed by atoms with E-state index in [9.17, 15) is 9.59 Å². The fourth-order valence-electron chi connectivity index (χ4n) is 4.08. The highest BCUT2D eigenvalue weighted by Gasteiger charge is 2.25. The molecule has 166 valence electrons. The highest BCUT2D eigenvalue weighted by molar-refractivity contribution is 5.72. The average molecular weight is 399 g/mol. The van der Waals surface area contributed by atoms with E-state index < -0.39 is 0 Å². The average Bonchev–Trinajstić information content (AvgIpc) is 2.72. The van der Waals surface area contributed by atoms with E-state index in [0.29, 0.717) is 12.3 Å². The molecule has 0 amide bonds. The van der Waals surface area contributed by atoms with E-state index in [4.69, 9.17) is 4.74 Å². The fraction of sp³-hybridized carbons (Fsp3) is 0.917. The molecule has 0 aliphatic rings. The van der Waals surface area contributed by atoms with Crippen LogP contribution in [0.15, 0.2) is 0 Å². The van der Waals surface area contributed by atoms with Crippen molar-refractivity contribution in [2.45, 2.75) is 117 Å². The molecule has 4 nitrogen and oxygen atoms in total. The van der Waals surface area contributed by atoms with E-state index in [0.717, 1.165) is 32.1 Å². The van der Waals surface area contributed by atoms with Crippen LogP contribution in [0.3, 0.4) is 0 Å². The highest BCUT2D eigenvalue weighted by Crippen LogP contribution is 2.26.